The molecule has 0 spiro atoms. The molecule has 1 aliphatic heterocycles. The molecule has 1 aromatic carbocycles. The quantitative estimate of drug-likeness (QED) is 0.396. The number of hydrogen-bond donors (Lipinski definition) is 2. The van der Waals surface area contributed by atoms with Gasteiger partial charge in [0.25, 0.3) is 0 Å². The number of carboxylic acids is 1. The Bertz CT molecular complexity index is 1140. The molecular formula is C23H22Cl2N4O2S. The summed E-state index contributed by atoms with van der Waals surface area (Å²) in [6.45, 7) is 3.14. The van der Waals surface area contributed by atoms with Gasteiger partial charge in [0.05, 0.1) is 21.2 Å². The second-order valence-corrected chi connectivity index (χ2v) is 9.54. The first-order chi connectivity index (χ1) is 15.4. The second kappa shape index (κ2) is 9.57. The number of carbonyl (C=O) groups is 1. The summed E-state index contributed by atoms with van der Waals surface area (Å²) in [5, 5.41) is 11.3. The summed E-state index contributed by atoms with van der Waals surface area (Å²) >= 11 is 14.0. The molecule has 2 N–H and O–H groups in total. The molecule has 166 valence electrons. The lowest BCUT2D eigenvalue weighted by Gasteiger charge is -2.37. The monoisotopic (exact) mass is 488 g/mol. The van der Waals surface area contributed by atoms with Crippen molar-refractivity contribution in [3.63, 3.8) is 0 Å². The minimum atomic E-state index is -0.731. The minimum absolute atomic E-state index is 0.521. The lowest BCUT2D eigenvalue weighted by atomic mass is 9.80. The van der Waals surface area contributed by atoms with Crippen LogP contribution in [0.1, 0.15) is 19.8 Å². The number of nitrogens with one attached hydrogen (secondary N) is 1. The van der Waals surface area contributed by atoms with Crippen molar-refractivity contribution < 1.29 is 9.90 Å². The second-order valence-electron chi connectivity index (χ2n) is 7.90. The molecule has 0 bridgehead atoms. The summed E-state index contributed by atoms with van der Waals surface area (Å²) in [6.07, 6.45) is 1.19. The zero-order chi connectivity index (χ0) is 22.7. The first-order valence-corrected chi connectivity index (χ1v) is 11.7. The average Bonchev–Trinajstić information content (AvgIpc) is 2.80. The van der Waals surface area contributed by atoms with Gasteiger partial charge in [0.1, 0.15) is 16.7 Å². The topological polar surface area (TPSA) is 78.4 Å². The molecule has 1 fully saturated rings. The van der Waals surface area contributed by atoms with Gasteiger partial charge in [-0.15, -0.1) is 0 Å². The third-order valence-electron chi connectivity index (χ3n) is 5.65. The Morgan fingerprint density at radius 2 is 1.78 bits per heavy atom. The van der Waals surface area contributed by atoms with Crippen molar-refractivity contribution >= 4 is 52.8 Å². The number of piperidine rings is 1. The molecule has 0 saturated carbocycles. The number of benzene rings is 1. The maximum absolute atomic E-state index is 11.5. The molecule has 3 aromatic rings. The molecule has 32 heavy (non-hydrogen) atoms. The highest BCUT2D eigenvalue weighted by Crippen LogP contribution is 2.35. The van der Waals surface area contributed by atoms with E-state index in [9.17, 15) is 9.90 Å². The lowest BCUT2D eigenvalue weighted by molar-refractivity contribution is -0.149. The molecule has 0 atom stereocenters. The predicted octanol–water partition coefficient (Wildman–Crippen LogP) is 6.26. The van der Waals surface area contributed by atoms with Gasteiger partial charge in [-0.1, -0.05) is 47.5 Å². The van der Waals surface area contributed by atoms with E-state index in [1.54, 1.807) is 18.2 Å². The fourth-order valence-electron chi connectivity index (χ4n) is 3.53. The van der Waals surface area contributed by atoms with Crippen molar-refractivity contribution in [3.8, 4) is 11.3 Å². The van der Waals surface area contributed by atoms with Crippen LogP contribution in [0.15, 0.2) is 59.6 Å². The van der Waals surface area contributed by atoms with Crippen LogP contribution in [0.2, 0.25) is 10.0 Å². The molecule has 0 amide bonds. The van der Waals surface area contributed by atoms with E-state index in [0.717, 1.165) is 16.4 Å². The van der Waals surface area contributed by atoms with Crippen LogP contribution in [0.4, 0.5) is 11.6 Å². The van der Waals surface area contributed by atoms with Gasteiger partial charge >= 0.3 is 5.97 Å². The van der Waals surface area contributed by atoms with E-state index in [4.69, 9.17) is 28.2 Å². The van der Waals surface area contributed by atoms with Gasteiger partial charge in [0.2, 0.25) is 0 Å². The number of halogens is 2. The number of pyridine rings is 2. The molecule has 1 aliphatic rings. The van der Waals surface area contributed by atoms with Crippen LogP contribution >= 0.6 is 35.1 Å². The minimum Gasteiger partial charge on any atom is -0.481 e. The molecule has 2 aromatic heterocycles. The Labute approximate surface area is 201 Å². The van der Waals surface area contributed by atoms with Gasteiger partial charge in [-0.2, -0.15) is 0 Å². The van der Waals surface area contributed by atoms with Crippen molar-refractivity contribution in [2.45, 2.75) is 24.8 Å². The van der Waals surface area contributed by atoms with E-state index in [1.165, 1.54) is 11.9 Å². The number of hydrogen-bond acceptors (Lipinski definition) is 6. The van der Waals surface area contributed by atoms with E-state index in [0.29, 0.717) is 47.5 Å². The number of aliphatic carboxylic acids is 1. The van der Waals surface area contributed by atoms with Gasteiger partial charge in [-0.3, -0.25) is 4.79 Å². The van der Waals surface area contributed by atoms with Crippen molar-refractivity contribution in [2.75, 3.05) is 22.7 Å². The van der Waals surface area contributed by atoms with Crippen molar-refractivity contribution in [2.24, 2.45) is 5.41 Å². The van der Waals surface area contributed by atoms with Crippen molar-refractivity contribution in [1.82, 2.24) is 9.97 Å². The van der Waals surface area contributed by atoms with Gasteiger partial charge < -0.3 is 14.7 Å². The van der Waals surface area contributed by atoms with E-state index in [1.807, 2.05) is 43.3 Å². The fraction of sp³-hybridized carbons (Fsp3) is 0.261. The largest absolute Gasteiger partial charge is 0.481 e. The maximum atomic E-state index is 11.5. The molecule has 0 radical (unpaired) electrons. The standard InChI is InChI=1S/C23H22Cl2N4O2S/c1-23(22(30)31)11-13-29(14-12-23)19-7-4-8-20(27-19)32-28-18-10-9-17(25)21(26-18)15-5-2-3-6-16(15)24/h2-10H,11-14H2,1H3,(H,26,28)(H,30,31). The smallest absolute Gasteiger partial charge is 0.309 e. The summed E-state index contributed by atoms with van der Waals surface area (Å²) < 4.78 is 3.22. The zero-order valence-corrected chi connectivity index (χ0v) is 19.7. The Hall–Kier alpha value is -2.48. The molecule has 0 unspecified atom stereocenters. The number of nitrogens with zero attached hydrogens (tertiary/aromatic N) is 3. The fourth-order valence-corrected chi connectivity index (χ4v) is 4.57. The van der Waals surface area contributed by atoms with Crippen LogP contribution in [-0.2, 0) is 4.79 Å². The Morgan fingerprint density at radius 1 is 1.03 bits per heavy atom. The van der Waals surface area contributed by atoms with Crippen LogP contribution in [-0.4, -0.2) is 34.1 Å². The highest BCUT2D eigenvalue weighted by Gasteiger charge is 2.37. The van der Waals surface area contributed by atoms with E-state index < -0.39 is 11.4 Å². The SMILES string of the molecule is CC1(C(=O)O)CCN(c2cccc(SNc3ccc(Cl)c(-c4ccccc4Cl)n3)n2)CC1. The Kier molecular flexibility index (Phi) is 6.79. The summed E-state index contributed by atoms with van der Waals surface area (Å²) in [5.41, 5.74) is 0.718. The summed E-state index contributed by atoms with van der Waals surface area (Å²) in [4.78, 5) is 23.0. The Morgan fingerprint density at radius 3 is 2.50 bits per heavy atom. The third-order valence-corrected chi connectivity index (χ3v) is 7.03. The van der Waals surface area contributed by atoms with Gasteiger partial charge in [0.15, 0.2) is 0 Å². The number of aromatic nitrogens is 2. The summed E-state index contributed by atoms with van der Waals surface area (Å²) in [6, 6.07) is 16.8. The first kappa shape index (κ1) is 22.7. The molecule has 3 heterocycles. The lowest BCUT2D eigenvalue weighted by Crippen LogP contribution is -2.43. The third kappa shape index (κ3) is 4.95. The van der Waals surface area contributed by atoms with Gasteiger partial charge in [-0.05, 0) is 50.1 Å². The van der Waals surface area contributed by atoms with E-state index >= 15 is 0 Å². The molecule has 6 nitrogen and oxygen atoms in total. The van der Waals surface area contributed by atoms with Crippen molar-refractivity contribution in [1.29, 1.82) is 0 Å². The molecule has 4 rings (SSSR count). The molecular weight excluding hydrogens is 467 g/mol. The summed E-state index contributed by atoms with van der Waals surface area (Å²) in [7, 11) is 0. The van der Waals surface area contributed by atoms with Crippen LogP contribution < -0.4 is 9.62 Å². The van der Waals surface area contributed by atoms with Crippen LogP contribution in [0.3, 0.4) is 0 Å². The van der Waals surface area contributed by atoms with E-state index in [2.05, 4.69) is 14.6 Å². The van der Waals surface area contributed by atoms with Gasteiger partial charge in [0, 0.05) is 30.6 Å². The number of anilines is 2. The van der Waals surface area contributed by atoms with Crippen LogP contribution in [0, 0.1) is 5.41 Å². The Balaban J connectivity index is 1.45. The average molecular weight is 489 g/mol. The molecule has 0 aliphatic carbocycles. The highest BCUT2D eigenvalue weighted by molar-refractivity contribution is 8.00. The first-order valence-electron chi connectivity index (χ1n) is 10.2. The van der Waals surface area contributed by atoms with E-state index in [-0.39, 0.29) is 0 Å². The molecule has 1 saturated heterocycles. The number of carboxylic acid groups (broad SMARTS) is 1. The molecule has 9 heteroatoms. The van der Waals surface area contributed by atoms with Crippen LogP contribution in [0.25, 0.3) is 11.3 Å². The number of rotatable bonds is 6. The summed E-state index contributed by atoms with van der Waals surface area (Å²) in [5.74, 6) is 0.743. The zero-order valence-electron chi connectivity index (χ0n) is 17.4. The maximum Gasteiger partial charge on any atom is 0.309 e. The van der Waals surface area contributed by atoms with Gasteiger partial charge in [-0.25, -0.2) is 9.97 Å². The highest BCUT2D eigenvalue weighted by atomic mass is 35.5. The van der Waals surface area contributed by atoms with Crippen LogP contribution in [0.5, 0.6) is 0 Å². The normalized spacial score (nSPS) is 15.4. The van der Waals surface area contributed by atoms with Crippen molar-refractivity contribution in [3.05, 3.63) is 64.6 Å². The predicted molar refractivity (Wildman–Crippen MR) is 131 cm³/mol.